The molecule has 2 rings (SSSR count). The Morgan fingerprint density at radius 3 is 2.55 bits per heavy atom. The van der Waals surface area contributed by atoms with Crippen LogP contribution in [-0.4, -0.2) is 14.5 Å². The molecule has 1 atom stereocenters. The van der Waals surface area contributed by atoms with Gasteiger partial charge in [0.15, 0.2) is 0 Å². The van der Waals surface area contributed by atoms with E-state index in [0.29, 0.717) is 17.7 Å². The molecule has 0 bridgehead atoms. The van der Waals surface area contributed by atoms with Gasteiger partial charge >= 0.3 is 0 Å². The summed E-state index contributed by atoms with van der Waals surface area (Å²) < 4.78 is 31.9. The Morgan fingerprint density at radius 1 is 1.25 bits per heavy atom. The van der Waals surface area contributed by atoms with Crippen molar-refractivity contribution in [1.29, 1.82) is 0 Å². The Hall–Kier alpha value is -1.79. The molecule has 6 heteroatoms. The summed E-state index contributed by atoms with van der Waals surface area (Å²) in [5.74, 6) is 0.697. The lowest BCUT2D eigenvalue weighted by Crippen LogP contribution is -2.34. The fourth-order valence-corrected chi connectivity index (χ4v) is 3.36. The van der Waals surface area contributed by atoms with Gasteiger partial charge in [0.25, 0.3) is 0 Å². The van der Waals surface area contributed by atoms with E-state index in [-0.39, 0.29) is 11.8 Å². The maximum absolute atomic E-state index is 12.1. The lowest BCUT2D eigenvalue weighted by molar-refractivity contribution is 0.479. The standard InChI is InChI=1S/C14H18N2O3S/c1-11(9-14-3-2-8-19-14)16-20(17,18)10-12-4-6-13(15)7-5-12/h2-8,11,16H,9-10,15H2,1H3. The van der Waals surface area contributed by atoms with Crippen molar-refractivity contribution >= 4 is 15.7 Å². The first kappa shape index (κ1) is 14.6. The van der Waals surface area contributed by atoms with Crippen molar-refractivity contribution in [2.24, 2.45) is 0 Å². The minimum atomic E-state index is -3.38. The van der Waals surface area contributed by atoms with Crippen molar-refractivity contribution < 1.29 is 12.8 Å². The maximum atomic E-state index is 12.1. The second kappa shape index (κ2) is 6.11. The number of rotatable bonds is 6. The van der Waals surface area contributed by atoms with E-state index >= 15 is 0 Å². The van der Waals surface area contributed by atoms with Gasteiger partial charge in [0, 0.05) is 18.2 Å². The summed E-state index contributed by atoms with van der Waals surface area (Å²) in [4.78, 5) is 0. The van der Waals surface area contributed by atoms with E-state index in [9.17, 15) is 8.42 Å². The average molecular weight is 294 g/mol. The van der Waals surface area contributed by atoms with Crippen molar-refractivity contribution in [2.45, 2.75) is 25.1 Å². The number of nitrogen functional groups attached to an aromatic ring is 1. The van der Waals surface area contributed by atoms with Crippen LogP contribution >= 0.6 is 0 Å². The minimum absolute atomic E-state index is 0.0597. The molecule has 108 valence electrons. The zero-order chi connectivity index (χ0) is 14.6. The third-order valence-electron chi connectivity index (χ3n) is 2.80. The monoisotopic (exact) mass is 294 g/mol. The highest BCUT2D eigenvalue weighted by molar-refractivity contribution is 7.88. The van der Waals surface area contributed by atoms with Gasteiger partial charge in [0.05, 0.1) is 12.0 Å². The summed E-state index contributed by atoms with van der Waals surface area (Å²) in [6, 6.07) is 10.2. The third kappa shape index (κ3) is 4.40. The molecule has 1 aromatic heterocycles. The van der Waals surface area contributed by atoms with Crippen LogP contribution in [0.2, 0.25) is 0 Å². The molecule has 0 aliphatic heterocycles. The molecular weight excluding hydrogens is 276 g/mol. The molecule has 0 aliphatic rings. The van der Waals surface area contributed by atoms with E-state index in [2.05, 4.69) is 4.72 Å². The number of nitrogens with two attached hydrogens (primary N) is 1. The molecule has 20 heavy (non-hydrogen) atoms. The summed E-state index contributed by atoms with van der Waals surface area (Å²) in [5.41, 5.74) is 6.89. The molecule has 1 heterocycles. The topological polar surface area (TPSA) is 85.3 Å². The number of sulfonamides is 1. The highest BCUT2D eigenvalue weighted by atomic mass is 32.2. The number of benzene rings is 1. The van der Waals surface area contributed by atoms with Crippen LogP contribution in [0, 0.1) is 0 Å². The quantitative estimate of drug-likeness (QED) is 0.797. The largest absolute Gasteiger partial charge is 0.469 e. The second-order valence-corrected chi connectivity index (χ2v) is 6.56. The van der Waals surface area contributed by atoms with E-state index in [4.69, 9.17) is 10.2 Å². The van der Waals surface area contributed by atoms with Crippen LogP contribution in [0.5, 0.6) is 0 Å². The van der Waals surface area contributed by atoms with Gasteiger partial charge in [-0.15, -0.1) is 0 Å². The van der Waals surface area contributed by atoms with Crippen LogP contribution in [0.25, 0.3) is 0 Å². The molecule has 0 saturated carbocycles. The molecule has 1 unspecified atom stereocenters. The lowest BCUT2D eigenvalue weighted by atomic mass is 10.2. The molecule has 1 aromatic carbocycles. The van der Waals surface area contributed by atoms with E-state index in [0.717, 1.165) is 5.76 Å². The molecule has 0 spiro atoms. The Kier molecular flexibility index (Phi) is 4.46. The lowest BCUT2D eigenvalue weighted by Gasteiger charge is -2.13. The van der Waals surface area contributed by atoms with Crippen LogP contribution in [0.4, 0.5) is 5.69 Å². The number of furan rings is 1. The molecule has 0 amide bonds. The normalized spacial score (nSPS) is 13.2. The van der Waals surface area contributed by atoms with Crippen LogP contribution in [0.3, 0.4) is 0 Å². The van der Waals surface area contributed by atoms with E-state index in [1.54, 1.807) is 36.6 Å². The number of hydrogen-bond acceptors (Lipinski definition) is 4. The first-order valence-electron chi connectivity index (χ1n) is 6.31. The minimum Gasteiger partial charge on any atom is -0.469 e. The van der Waals surface area contributed by atoms with Crippen LogP contribution < -0.4 is 10.5 Å². The summed E-state index contributed by atoms with van der Waals surface area (Å²) in [7, 11) is -3.38. The SMILES string of the molecule is CC(Cc1ccco1)NS(=O)(=O)Cc1ccc(N)cc1. The summed E-state index contributed by atoms with van der Waals surface area (Å²) in [6.45, 7) is 1.81. The van der Waals surface area contributed by atoms with Crippen molar-refractivity contribution in [2.75, 3.05) is 5.73 Å². The average Bonchev–Trinajstić information content (AvgIpc) is 2.83. The fourth-order valence-electron chi connectivity index (χ4n) is 1.95. The van der Waals surface area contributed by atoms with Crippen LogP contribution in [0.1, 0.15) is 18.2 Å². The Morgan fingerprint density at radius 2 is 1.95 bits per heavy atom. The number of nitrogens with one attached hydrogen (secondary N) is 1. The molecule has 0 fully saturated rings. The predicted molar refractivity (Wildman–Crippen MR) is 78.5 cm³/mol. The van der Waals surface area contributed by atoms with Crippen molar-refractivity contribution in [1.82, 2.24) is 4.72 Å². The van der Waals surface area contributed by atoms with Crippen molar-refractivity contribution in [3.05, 3.63) is 54.0 Å². The van der Waals surface area contributed by atoms with Crippen molar-refractivity contribution in [3.63, 3.8) is 0 Å². The van der Waals surface area contributed by atoms with Gasteiger partial charge < -0.3 is 10.2 Å². The molecule has 3 N–H and O–H groups in total. The maximum Gasteiger partial charge on any atom is 0.216 e. The van der Waals surface area contributed by atoms with E-state index < -0.39 is 10.0 Å². The summed E-state index contributed by atoms with van der Waals surface area (Å²) >= 11 is 0. The molecule has 2 aromatic rings. The van der Waals surface area contributed by atoms with E-state index in [1.165, 1.54) is 0 Å². The summed E-state index contributed by atoms with van der Waals surface area (Å²) in [5, 5.41) is 0. The fraction of sp³-hybridized carbons (Fsp3) is 0.286. The highest BCUT2D eigenvalue weighted by Gasteiger charge is 2.16. The third-order valence-corrected chi connectivity index (χ3v) is 4.28. The van der Waals surface area contributed by atoms with Gasteiger partial charge in [-0.25, -0.2) is 13.1 Å². The van der Waals surface area contributed by atoms with Gasteiger partial charge in [0.1, 0.15) is 5.76 Å². The highest BCUT2D eigenvalue weighted by Crippen LogP contribution is 2.10. The van der Waals surface area contributed by atoms with Gasteiger partial charge in [-0.3, -0.25) is 0 Å². The van der Waals surface area contributed by atoms with Gasteiger partial charge in [-0.1, -0.05) is 12.1 Å². The summed E-state index contributed by atoms with van der Waals surface area (Å²) in [6.07, 6.45) is 2.10. The second-order valence-electron chi connectivity index (χ2n) is 4.80. The first-order valence-corrected chi connectivity index (χ1v) is 7.96. The predicted octanol–water partition coefficient (Wildman–Crippen LogP) is 1.91. The van der Waals surface area contributed by atoms with Crippen LogP contribution in [-0.2, 0) is 22.2 Å². The van der Waals surface area contributed by atoms with E-state index in [1.807, 2.05) is 13.0 Å². The zero-order valence-corrected chi connectivity index (χ0v) is 12.1. The van der Waals surface area contributed by atoms with Gasteiger partial charge in [0.2, 0.25) is 10.0 Å². The van der Waals surface area contributed by atoms with Gasteiger partial charge in [-0.2, -0.15) is 0 Å². The van der Waals surface area contributed by atoms with Crippen LogP contribution in [0.15, 0.2) is 47.1 Å². The first-order chi connectivity index (χ1) is 9.44. The smallest absolute Gasteiger partial charge is 0.216 e. The molecular formula is C14H18N2O3S. The molecule has 0 aliphatic carbocycles. The zero-order valence-electron chi connectivity index (χ0n) is 11.2. The Balaban J connectivity index is 1.94. The molecule has 5 nitrogen and oxygen atoms in total. The molecule has 0 radical (unpaired) electrons. The number of anilines is 1. The number of hydrogen-bond donors (Lipinski definition) is 2. The van der Waals surface area contributed by atoms with Gasteiger partial charge in [-0.05, 0) is 36.8 Å². The Labute approximate surface area is 118 Å². The Bertz CT molecular complexity index is 634. The van der Waals surface area contributed by atoms with Crippen molar-refractivity contribution in [3.8, 4) is 0 Å². The molecule has 0 saturated heterocycles.